The van der Waals surface area contributed by atoms with E-state index in [-0.39, 0.29) is 5.92 Å². The number of nitrogens with zero attached hydrogens (tertiary/aromatic N) is 1. The van der Waals surface area contributed by atoms with E-state index < -0.39 is 13.2 Å². The molecule has 32 heavy (non-hydrogen) atoms. The van der Waals surface area contributed by atoms with E-state index in [1.165, 1.54) is 0 Å². The second kappa shape index (κ2) is 10.8. The molecule has 0 spiro atoms. The van der Waals surface area contributed by atoms with Crippen LogP contribution < -0.4 is 15.5 Å². The lowest BCUT2D eigenvalue weighted by molar-refractivity contribution is 0.272. The van der Waals surface area contributed by atoms with E-state index in [1.54, 1.807) is 12.1 Å². The fourth-order valence-corrected chi connectivity index (χ4v) is 6.46. The Balaban J connectivity index is 2.16. The molecule has 0 fully saturated rings. The Kier molecular flexibility index (Phi) is 8.30. The van der Waals surface area contributed by atoms with Crippen molar-refractivity contribution in [1.82, 2.24) is 0 Å². The maximum atomic E-state index is 14.8. The highest BCUT2D eigenvalue weighted by atomic mass is 35.5. The molecule has 170 valence electrons. The molecule has 1 N–H and O–H groups in total. The Morgan fingerprint density at radius 1 is 0.969 bits per heavy atom. The molecule has 3 aromatic rings. The van der Waals surface area contributed by atoms with E-state index in [1.807, 2.05) is 93.5 Å². The van der Waals surface area contributed by atoms with Gasteiger partial charge in [-0.2, -0.15) is 0 Å². The van der Waals surface area contributed by atoms with Gasteiger partial charge in [-0.05, 0) is 54.4 Å². The molecule has 0 unspecified atom stereocenters. The fourth-order valence-electron chi connectivity index (χ4n) is 3.28. The summed E-state index contributed by atoms with van der Waals surface area (Å²) in [7, 11) is 0.466. The first kappa shape index (κ1) is 24.7. The minimum Gasteiger partial charge on any atom is -0.378 e. The second-order valence-corrected chi connectivity index (χ2v) is 11.6. The Morgan fingerprint density at radius 3 is 2.19 bits per heavy atom. The molecule has 0 radical (unpaired) electrons. The average molecular weight is 491 g/mol. The third kappa shape index (κ3) is 5.88. The molecule has 0 saturated heterocycles. The third-order valence-corrected chi connectivity index (χ3v) is 8.20. The topological polar surface area (TPSA) is 41.6 Å². The number of rotatable bonds is 9. The van der Waals surface area contributed by atoms with E-state index in [4.69, 9.17) is 27.7 Å². The van der Waals surface area contributed by atoms with Gasteiger partial charge in [-0.1, -0.05) is 61.3 Å². The minimum absolute atomic E-state index is 0.211. The maximum absolute atomic E-state index is 14.8. The second-order valence-electron chi connectivity index (χ2n) is 8.28. The fraction of sp³-hybridized carbons (Fsp3) is 0.280. The van der Waals surface area contributed by atoms with E-state index >= 15 is 0 Å². The monoisotopic (exact) mass is 490 g/mol. The summed E-state index contributed by atoms with van der Waals surface area (Å²) in [5.41, 5.74) is 2.51. The van der Waals surface area contributed by atoms with Gasteiger partial charge in [0.2, 0.25) is 0 Å². The highest BCUT2D eigenvalue weighted by Gasteiger charge is 2.39. The Labute approximate surface area is 201 Å². The van der Waals surface area contributed by atoms with Crippen molar-refractivity contribution < 1.29 is 9.09 Å². The molecule has 0 saturated carbocycles. The summed E-state index contributed by atoms with van der Waals surface area (Å²) in [5.74, 6) is -0.485. The normalized spacial score (nSPS) is 14.1. The van der Waals surface area contributed by atoms with Gasteiger partial charge in [0, 0.05) is 46.4 Å². The molecule has 0 aliphatic heterocycles. The predicted molar refractivity (Wildman–Crippen MR) is 138 cm³/mol. The van der Waals surface area contributed by atoms with Crippen molar-refractivity contribution in [3.63, 3.8) is 0 Å². The average Bonchev–Trinajstić information content (AvgIpc) is 2.77. The van der Waals surface area contributed by atoms with Crippen molar-refractivity contribution >= 4 is 47.3 Å². The molecule has 0 aliphatic rings. The van der Waals surface area contributed by atoms with Crippen molar-refractivity contribution in [2.45, 2.75) is 19.6 Å². The van der Waals surface area contributed by atoms with E-state index in [9.17, 15) is 4.57 Å². The molecule has 4 nitrogen and oxygen atoms in total. The first-order chi connectivity index (χ1) is 15.2. The lowest BCUT2D eigenvalue weighted by Crippen LogP contribution is -2.22. The van der Waals surface area contributed by atoms with Gasteiger partial charge in [-0.3, -0.25) is 4.57 Å². The summed E-state index contributed by atoms with van der Waals surface area (Å²) in [6, 6.07) is 22.5. The molecule has 0 aliphatic carbocycles. The van der Waals surface area contributed by atoms with Crippen LogP contribution in [0.4, 0.5) is 11.4 Å². The quantitative estimate of drug-likeness (QED) is 0.316. The molecule has 7 heteroatoms. The van der Waals surface area contributed by atoms with E-state index in [0.29, 0.717) is 27.5 Å². The molecule has 0 amide bonds. The first-order valence-electron chi connectivity index (χ1n) is 10.5. The molecular weight excluding hydrogens is 462 g/mol. The SMILES string of the molecule is CC(C)CO[P@@](=O)(c1ccc(N(C)C)cc1)[C@@H](Nc1ccccc1)c1ccc(Cl)cc1Cl. The summed E-state index contributed by atoms with van der Waals surface area (Å²) in [5, 5.41) is 5.01. The smallest absolute Gasteiger partial charge is 0.258 e. The Hall–Kier alpha value is -1.97. The van der Waals surface area contributed by atoms with Crippen LogP contribution in [-0.4, -0.2) is 20.7 Å². The van der Waals surface area contributed by atoms with Crippen molar-refractivity contribution in [3.05, 3.63) is 88.4 Å². The van der Waals surface area contributed by atoms with Crippen LogP contribution in [0.15, 0.2) is 72.8 Å². The molecule has 0 heterocycles. The number of benzene rings is 3. The molecule has 0 bridgehead atoms. The molecular formula is C25H29Cl2N2O2P. The minimum atomic E-state index is -3.47. The summed E-state index contributed by atoms with van der Waals surface area (Å²) in [4.78, 5) is 2.00. The van der Waals surface area contributed by atoms with Crippen molar-refractivity contribution in [2.24, 2.45) is 5.92 Å². The van der Waals surface area contributed by atoms with Gasteiger partial charge in [0.25, 0.3) is 7.37 Å². The van der Waals surface area contributed by atoms with Crippen LogP contribution in [0.3, 0.4) is 0 Å². The van der Waals surface area contributed by atoms with Gasteiger partial charge in [-0.25, -0.2) is 0 Å². The Bertz CT molecular complexity index is 1070. The summed E-state index contributed by atoms with van der Waals surface area (Å²) < 4.78 is 21.0. The number of halogens is 2. The van der Waals surface area contributed by atoms with Crippen molar-refractivity contribution in [3.8, 4) is 0 Å². The number of hydrogen-bond donors (Lipinski definition) is 1. The summed E-state index contributed by atoms with van der Waals surface area (Å²) in [6.45, 7) is 4.42. The lowest BCUT2D eigenvalue weighted by Gasteiger charge is -2.31. The maximum Gasteiger partial charge on any atom is 0.258 e. The van der Waals surface area contributed by atoms with E-state index in [0.717, 1.165) is 11.4 Å². The van der Waals surface area contributed by atoms with Gasteiger partial charge < -0.3 is 14.7 Å². The summed E-state index contributed by atoms with van der Waals surface area (Å²) in [6.07, 6.45) is 0. The van der Waals surface area contributed by atoms with Gasteiger partial charge in [0.05, 0.1) is 6.61 Å². The first-order valence-corrected chi connectivity index (χ1v) is 12.9. The molecule has 3 aromatic carbocycles. The number of para-hydroxylation sites is 1. The molecule has 2 atom stereocenters. The number of hydrogen-bond acceptors (Lipinski definition) is 4. The molecule has 0 aromatic heterocycles. The Morgan fingerprint density at radius 2 is 1.62 bits per heavy atom. The van der Waals surface area contributed by atoms with Crippen LogP contribution >= 0.6 is 30.6 Å². The number of nitrogens with one attached hydrogen (secondary N) is 1. The van der Waals surface area contributed by atoms with Crippen LogP contribution in [0.1, 0.15) is 25.2 Å². The van der Waals surface area contributed by atoms with Crippen molar-refractivity contribution in [2.75, 3.05) is 30.9 Å². The zero-order chi connectivity index (χ0) is 23.3. The summed E-state index contributed by atoms with van der Waals surface area (Å²) >= 11 is 12.8. The van der Waals surface area contributed by atoms with E-state index in [2.05, 4.69) is 5.32 Å². The standard InChI is InChI=1S/C25H29Cl2N2O2P/c1-18(2)17-31-32(30,22-13-11-21(12-14-22)29(3)4)25(28-20-8-6-5-7-9-20)23-15-10-19(26)16-24(23)27/h5-16,18,25,28H,17H2,1-4H3/t25-,32+/m1/s1. The van der Waals surface area contributed by atoms with Crippen LogP contribution in [0, 0.1) is 5.92 Å². The largest absolute Gasteiger partial charge is 0.378 e. The van der Waals surface area contributed by atoms with Gasteiger partial charge in [-0.15, -0.1) is 0 Å². The number of anilines is 2. The highest BCUT2D eigenvalue weighted by Crippen LogP contribution is 2.60. The van der Waals surface area contributed by atoms with Crippen LogP contribution in [-0.2, 0) is 9.09 Å². The lowest BCUT2D eigenvalue weighted by atomic mass is 10.2. The third-order valence-electron chi connectivity index (χ3n) is 5.00. The predicted octanol–water partition coefficient (Wildman–Crippen LogP) is 7.45. The van der Waals surface area contributed by atoms with Gasteiger partial charge >= 0.3 is 0 Å². The molecule has 3 rings (SSSR count). The van der Waals surface area contributed by atoms with Gasteiger partial charge in [0.15, 0.2) is 0 Å². The van der Waals surface area contributed by atoms with Crippen LogP contribution in [0.5, 0.6) is 0 Å². The van der Waals surface area contributed by atoms with Crippen LogP contribution in [0.25, 0.3) is 0 Å². The van der Waals surface area contributed by atoms with Gasteiger partial charge in [0.1, 0.15) is 5.78 Å². The van der Waals surface area contributed by atoms with Crippen molar-refractivity contribution in [1.29, 1.82) is 0 Å². The zero-order valence-corrected chi connectivity index (χ0v) is 21.2. The zero-order valence-electron chi connectivity index (χ0n) is 18.8. The highest BCUT2D eigenvalue weighted by molar-refractivity contribution is 7.67. The van der Waals surface area contributed by atoms with Crippen LogP contribution in [0.2, 0.25) is 10.0 Å².